The van der Waals surface area contributed by atoms with Crippen LogP contribution in [-0.4, -0.2) is 40.9 Å². The van der Waals surface area contributed by atoms with Gasteiger partial charge in [0.25, 0.3) is 0 Å². The molecule has 0 radical (unpaired) electrons. The molecule has 0 aromatic heterocycles. The maximum Gasteiger partial charge on any atom is 0.328 e. The number of hydrogen-bond acceptors (Lipinski definition) is 3. The molecule has 2 aromatic rings. The molecule has 1 atom stereocenters. The Morgan fingerprint density at radius 2 is 1.54 bits per heavy atom. The molecular weight excluding hydrogens is 511 g/mol. The molecule has 0 saturated heterocycles. The van der Waals surface area contributed by atoms with Crippen molar-refractivity contribution in [2.24, 2.45) is 5.92 Å². The predicted octanol–water partition coefficient (Wildman–Crippen LogP) is 7.10. The third kappa shape index (κ3) is 10.6. The summed E-state index contributed by atoms with van der Waals surface area (Å²) in [6.45, 7) is 5.47. The molecule has 0 heterocycles. The summed E-state index contributed by atoms with van der Waals surface area (Å²) in [6.07, 6.45) is 8.67. The fourth-order valence-corrected chi connectivity index (χ4v) is 4.22. The molecule has 0 spiro atoms. The van der Waals surface area contributed by atoms with Gasteiger partial charge in [-0.2, -0.15) is 0 Å². The van der Waals surface area contributed by atoms with Crippen LogP contribution in [0.25, 0.3) is 6.08 Å². The van der Waals surface area contributed by atoms with E-state index in [4.69, 9.17) is 28.3 Å². The number of hydrogen-bond donors (Lipinski definition) is 2. The second-order valence-electron chi connectivity index (χ2n) is 9.03. The topological polar surface area (TPSA) is 86.7 Å². The molecule has 1 unspecified atom stereocenters. The number of benzene rings is 2. The van der Waals surface area contributed by atoms with Crippen molar-refractivity contribution in [1.82, 2.24) is 4.90 Å². The fourth-order valence-electron chi connectivity index (χ4n) is 3.92. The molecule has 200 valence electrons. The lowest BCUT2D eigenvalue weighted by atomic mass is 9.95. The first-order valence-electron chi connectivity index (χ1n) is 12.8. The van der Waals surface area contributed by atoms with Crippen molar-refractivity contribution in [3.05, 3.63) is 69.7 Å². The van der Waals surface area contributed by atoms with Crippen LogP contribution in [-0.2, 0) is 20.8 Å². The van der Waals surface area contributed by atoms with Crippen molar-refractivity contribution in [3.63, 3.8) is 0 Å². The van der Waals surface area contributed by atoms with Gasteiger partial charge in [-0.3, -0.25) is 9.59 Å². The number of carboxylic acid groups (broad SMARTS) is 1. The fraction of sp³-hybridized carbons (Fsp3) is 0.414. The van der Waals surface area contributed by atoms with Crippen LogP contribution >= 0.6 is 23.2 Å². The molecule has 0 saturated carbocycles. The zero-order chi connectivity index (χ0) is 27.2. The molecule has 8 heteroatoms. The van der Waals surface area contributed by atoms with Crippen molar-refractivity contribution < 1.29 is 19.5 Å². The molecule has 0 aliphatic rings. The molecule has 37 heavy (non-hydrogen) atoms. The van der Waals surface area contributed by atoms with E-state index >= 15 is 0 Å². The summed E-state index contributed by atoms with van der Waals surface area (Å²) >= 11 is 12.1. The number of rotatable bonds is 15. The molecule has 2 N–H and O–H groups in total. The molecule has 0 bridgehead atoms. The van der Waals surface area contributed by atoms with Crippen LogP contribution in [0.3, 0.4) is 0 Å². The summed E-state index contributed by atoms with van der Waals surface area (Å²) in [5.41, 5.74) is 1.99. The molecular formula is C29H36Cl2N2O4. The Morgan fingerprint density at radius 3 is 2.08 bits per heavy atom. The van der Waals surface area contributed by atoms with Gasteiger partial charge in [0.1, 0.15) is 5.92 Å². The van der Waals surface area contributed by atoms with Gasteiger partial charge in [-0.15, -0.1) is 0 Å². The van der Waals surface area contributed by atoms with Crippen molar-refractivity contribution in [2.75, 3.05) is 18.4 Å². The number of carboxylic acids is 1. The lowest BCUT2D eigenvalue weighted by Gasteiger charge is -2.27. The van der Waals surface area contributed by atoms with Gasteiger partial charge in [0.2, 0.25) is 11.8 Å². The predicted molar refractivity (Wildman–Crippen MR) is 151 cm³/mol. The third-order valence-electron chi connectivity index (χ3n) is 6.01. The monoisotopic (exact) mass is 546 g/mol. The highest BCUT2D eigenvalue weighted by molar-refractivity contribution is 6.42. The number of halogens is 2. The van der Waals surface area contributed by atoms with Crippen LogP contribution in [0.1, 0.15) is 63.5 Å². The summed E-state index contributed by atoms with van der Waals surface area (Å²) in [5, 5.41) is 12.4. The Balaban J connectivity index is 2.30. The molecule has 2 amide bonds. The minimum atomic E-state index is -1.03. The van der Waals surface area contributed by atoms with Crippen LogP contribution in [0, 0.1) is 5.92 Å². The van der Waals surface area contributed by atoms with Crippen LogP contribution in [0.4, 0.5) is 5.69 Å². The van der Waals surface area contributed by atoms with E-state index in [2.05, 4.69) is 19.2 Å². The molecule has 2 aromatic carbocycles. The smallest absolute Gasteiger partial charge is 0.328 e. The Bertz CT molecular complexity index is 1060. The first-order valence-corrected chi connectivity index (χ1v) is 13.5. The molecule has 0 aliphatic heterocycles. The SMILES string of the molecule is CCCCCN(CCCCC)C(=O)C(Cc1ccc(/C=C/C(=O)O)cc1)C(=O)Nc1ccc(Cl)c(Cl)c1. The normalized spacial score (nSPS) is 11.9. The highest BCUT2D eigenvalue weighted by Gasteiger charge is 2.31. The Labute approximate surface area is 229 Å². The van der Waals surface area contributed by atoms with Gasteiger partial charge in [0.15, 0.2) is 0 Å². The van der Waals surface area contributed by atoms with Gasteiger partial charge in [-0.25, -0.2) is 4.79 Å². The van der Waals surface area contributed by atoms with Crippen LogP contribution in [0.15, 0.2) is 48.5 Å². The van der Waals surface area contributed by atoms with Crippen molar-refractivity contribution >= 4 is 52.7 Å². The van der Waals surface area contributed by atoms with Gasteiger partial charge in [0.05, 0.1) is 10.0 Å². The van der Waals surface area contributed by atoms with E-state index in [1.54, 1.807) is 30.3 Å². The van der Waals surface area contributed by atoms with Gasteiger partial charge in [-0.05, 0) is 54.7 Å². The molecule has 2 rings (SSSR count). The number of nitrogens with zero attached hydrogens (tertiary/aromatic N) is 1. The van der Waals surface area contributed by atoms with Gasteiger partial charge in [-0.1, -0.05) is 87.0 Å². The van der Waals surface area contributed by atoms with Gasteiger partial charge >= 0.3 is 5.97 Å². The number of amides is 2. The van der Waals surface area contributed by atoms with Crippen molar-refractivity contribution in [1.29, 1.82) is 0 Å². The first-order chi connectivity index (χ1) is 17.7. The average Bonchev–Trinajstić information content (AvgIpc) is 2.87. The first kappa shape index (κ1) is 30.4. The second-order valence-corrected chi connectivity index (χ2v) is 9.84. The maximum absolute atomic E-state index is 13.8. The van der Waals surface area contributed by atoms with Crippen LogP contribution in [0.2, 0.25) is 10.0 Å². The second kappa shape index (κ2) is 16.1. The Morgan fingerprint density at radius 1 is 0.919 bits per heavy atom. The van der Waals surface area contributed by atoms with Crippen LogP contribution in [0.5, 0.6) is 0 Å². The molecule has 0 fully saturated rings. The van der Waals surface area contributed by atoms with E-state index in [1.807, 2.05) is 17.0 Å². The van der Waals surface area contributed by atoms with E-state index in [0.29, 0.717) is 28.8 Å². The lowest BCUT2D eigenvalue weighted by molar-refractivity contribution is -0.140. The minimum Gasteiger partial charge on any atom is -0.478 e. The number of nitrogens with one attached hydrogen (secondary N) is 1. The standard InChI is InChI=1S/C29H36Cl2N2O4/c1-3-5-7-17-33(18-8-6-4-2)29(37)24(28(36)32-23-14-15-25(30)26(31)20-23)19-22-11-9-21(10-12-22)13-16-27(34)35/h9-16,20,24H,3-8,17-19H2,1-2H3,(H,32,36)(H,34,35)/b16-13+. The number of aliphatic carboxylic acids is 1. The van der Waals surface area contributed by atoms with Crippen molar-refractivity contribution in [2.45, 2.75) is 58.8 Å². The highest BCUT2D eigenvalue weighted by Crippen LogP contribution is 2.26. The molecule has 0 aliphatic carbocycles. The van der Waals surface area contributed by atoms with Crippen LogP contribution < -0.4 is 5.32 Å². The number of carbonyl (C=O) groups excluding carboxylic acids is 2. The zero-order valence-corrected chi connectivity index (χ0v) is 23.0. The summed E-state index contributed by atoms with van der Waals surface area (Å²) in [4.78, 5) is 39.8. The number of unbranched alkanes of at least 4 members (excludes halogenated alkanes) is 4. The number of anilines is 1. The minimum absolute atomic E-state index is 0.195. The third-order valence-corrected chi connectivity index (χ3v) is 6.75. The van der Waals surface area contributed by atoms with E-state index in [9.17, 15) is 14.4 Å². The molecule has 6 nitrogen and oxygen atoms in total. The van der Waals surface area contributed by atoms with Gasteiger partial charge < -0.3 is 15.3 Å². The van der Waals surface area contributed by atoms with Gasteiger partial charge in [0, 0.05) is 24.9 Å². The Kier molecular flexibility index (Phi) is 13.2. The zero-order valence-electron chi connectivity index (χ0n) is 21.5. The quantitative estimate of drug-likeness (QED) is 0.142. The summed E-state index contributed by atoms with van der Waals surface area (Å²) < 4.78 is 0. The van der Waals surface area contributed by atoms with E-state index in [1.165, 1.54) is 6.08 Å². The summed E-state index contributed by atoms with van der Waals surface area (Å²) in [7, 11) is 0. The summed E-state index contributed by atoms with van der Waals surface area (Å²) in [5.74, 6) is -2.56. The lowest BCUT2D eigenvalue weighted by Crippen LogP contribution is -2.43. The van der Waals surface area contributed by atoms with E-state index in [0.717, 1.165) is 55.7 Å². The van der Waals surface area contributed by atoms with E-state index < -0.39 is 17.8 Å². The maximum atomic E-state index is 13.8. The number of carbonyl (C=O) groups is 3. The van der Waals surface area contributed by atoms with Crippen molar-refractivity contribution in [3.8, 4) is 0 Å². The summed E-state index contributed by atoms with van der Waals surface area (Å²) in [6, 6.07) is 12.0. The Hall–Kier alpha value is -2.83. The highest BCUT2D eigenvalue weighted by atomic mass is 35.5. The average molecular weight is 548 g/mol. The largest absolute Gasteiger partial charge is 0.478 e. The van der Waals surface area contributed by atoms with E-state index in [-0.39, 0.29) is 12.3 Å².